The quantitative estimate of drug-likeness (QED) is 0.849. The standard InChI is InChI=1S/C13H9F4NO/c14-11-3-9(5-18-6-11)12-4-10(13(15,16)17)2-1-8(12)7-19/h1-6,19H,7H2. The third kappa shape index (κ3) is 2.90. The van der Waals surface area contributed by atoms with E-state index in [4.69, 9.17) is 5.11 Å². The molecule has 1 aromatic heterocycles. The normalized spacial score (nSPS) is 11.6. The van der Waals surface area contributed by atoms with E-state index in [-0.39, 0.29) is 16.7 Å². The molecule has 6 heteroatoms. The Morgan fingerprint density at radius 2 is 1.84 bits per heavy atom. The molecule has 0 spiro atoms. The Bertz CT molecular complexity index is 595. The molecule has 100 valence electrons. The lowest BCUT2D eigenvalue weighted by Gasteiger charge is -2.12. The minimum absolute atomic E-state index is 0.115. The lowest BCUT2D eigenvalue weighted by molar-refractivity contribution is -0.137. The SMILES string of the molecule is OCc1ccc(C(F)(F)F)cc1-c1cncc(F)c1. The monoisotopic (exact) mass is 271 g/mol. The van der Waals surface area contributed by atoms with E-state index in [9.17, 15) is 17.6 Å². The summed E-state index contributed by atoms with van der Waals surface area (Å²) in [5, 5.41) is 9.15. The maximum Gasteiger partial charge on any atom is 0.416 e. The summed E-state index contributed by atoms with van der Waals surface area (Å²) in [4.78, 5) is 3.59. The van der Waals surface area contributed by atoms with Gasteiger partial charge < -0.3 is 5.11 Å². The van der Waals surface area contributed by atoms with Crippen LogP contribution in [0.25, 0.3) is 11.1 Å². The maximum atomic E-state index is 13.1. The first-order valence-electron chi connectivity index (χ1n) is 5.33. The van der Waals surface area contributed by atoms with Gasteiger partial charge in [0.25, 0.3) is 0 Å². The molecule has 0 saturated heterocycles. The van der Waals surface area contributed by atoms with Crippen molar-refractivity contribution in [3.63, 3.8) is 0 Å². The summed E-state index contributed by atoms with van der Waals surface area (Å²) in [5.74, 6) is -0.654. The molecule has 0 aliphatic carbocycles. The molecule has 0 radical (unpaired) electrons. The molecule has 1 aromatic carbocycles. The van der Waals surface area contributed by atoms with E-state index in [2.05, 4.69) is 4.98 Å². The number of halogens is 4. The molecule has 0 bridgehead atoms. The Morgan fingerprint density at radius 1 is 1.11 bits per heavy atom. The van der Waals surface area contributed by atoms with Crippen LogP contribution >= 0.6 is 0 Å². The Hall–Kier alpha value is -1.95. The number of aromatic nitrogens is 1. The first kappa shape index (κ1) is 13.5. The molecule has 2 aromatic rings. The summed E-state index contributed by atoms with van der Waals surface area (Å²) in [5.41, 5.74) is -0.274. The molecule has 0 unspecified atom stereocenters. The van der Waals surface area contributed by atoms with Crippen molar-refractivity contribution in [2.75, 3.05) is 0 Å². The first-order valence-corrected chi connectivity index (χ1v) is 5.33. The summed E-state index contributed by atoms with van der Waals surface area (Å²) in [6.07, 6.45) is -2.29. The maximum absolute atomic E-state index is 13.1. The van der Waals surface area contributed by atoms with Crippen molar-refractivity contribution in [3.05, 3.63) is 53.6 Å². The summed E-state index contributed by atoms with van der Waals surface area (Å²) in [6.45, 7) is -0.440. The second-order valence-electron chi connectivity index (χ2n) is 3.92. The van der Waals surface area contributed by atoms with Crippen molar-refractivity contribution in [1.29, 1.82) is 0 Å². The Kier molecular flexibility index (Phi) is 3.53. The van der Waals surface area contributed by atoms with Gasteiger partial charge in [-0.25, -0.2) is 4.39 Å². The first-order chi connectivity index (χ1) is 8.91. The minimum atomic E-state index is -4.50. The van der Waals surface area contributed by atoms with Crippen molar-refractivity contribution in [3.8, 4) is 11.1 Å². The van der Waals surface area contributed by atoms with Crippen LogP contribution in [0.1, 0.15) is 11.1 Å². The van der Waals surface area contributed by atoms with E-state index in [0.29, 0.717) is 0 Å². The third-order valence-electron chi connectivity index (χ3n) is 2.62. The highest BCUT2D eigenvalue weighted by molar-refractivity contribution is 5.67. The number of alkyl halides is 3. The van der Waals surface area contributed by atoms with Crippen LogP contribution in [0.3, 0.4) is 0 Å². The average Bonchev–Trinajstić information content (AvgIpc) is 2.37. The van der Waals surface area contributed by atoms with E-state index >= 15 is 0 Å². The van der Waals surface area contributed by atoms with E-state index in [1.165, 1.54) is 12.3 Å². The molecule has 19 heavy (non-hydrogen) atoms. The van der Waals surface area contributed by atoms with Crippen LogP contribution in [-0.2, 0) is 12.8 Å². The number of hydrogen-bond acceptors (Lipinski definition) is 2. The van der Waals surface area contributed by atoms with Crippen LogP contribution in [0.2, 0.25) is 0 Å². The number of benzene rings is 1. The zero-order valence-electron chi connectivity index (χ0n) is 9.58. The van der Waals surface area contributed by atoms with Gasteiger partial charge in [-0.1, -0.05) is 6.07 Å². The van der Waals surface area contributed by atoms with Gasteiger partial charge >= 0.3 is 6.18 Å². The molecule has 1 heterocycles. The summed E-state index contributed by atoms with van der Waals surface area (Å²) >= 11 is 0. The number of aliphatic hydroxyl groups excluding tert-OH is 1. The molecule has 2 rings (SSSR count). The predicted octanol–water partition coefficient (Wildman–Crippen LogP) is 3.40. The van der Waals surface area contributed by atoms with Gasteiger partial charge in [0.15, 0.2) is 0 Å². The summed E-state index contributed by atoms with van der Waals surface area (Å²) < 4.78 is 51.0. The number of nitrogens with zero attached hydrogens (tertiary/aromatic N) is 1. The molecule has 0 fully saturated rings. The lowest BCUT2D eigenvalue weighted by atomic mass is 9.98. The largest absolute Gasteiger partial charge is 0.416 e. The fourth-order valence-corrected chi connectivity index (χ4v) is 1.72. The van der Waals surface area contributed by atoms with Gasteiger partial charge in [-0.05, 0) is 29.3 Å². The minimum Gasteiger partial charge on any atom is -0.392 e. The van der Waals surface area contributed by atoms with Crippen LogP contribution in [0, 0.1) is 5.82 Å². The van der Waals surface area contributed by atoms with Gasteiger partial charge in [0.05, 0.1) is 18.4 Å². The second kappa shape index (κ2) is 4.97. The van der Waals surface area contributed by atoms with Gasteiger partial charge in [-0.15, -0.1) is 0 Å². The van der Waals surface area contributed by atoms with Crippen LogP contribution < -0.4 is 0 Å². The zero-order valence-corrected chi connectivity index (χ0v) is 9.58. The number of rotatable bonds is 2. The van der Waals surface area contributed by atoms with Crippen LogP contribution in [-0.4, -0.2) is 10.1 Å². The van der Waals surface area contributed by atoms with Gasteiger partial charge in [0.2, 0.25) is 0 Å². The van der Waals surface area contributed by atoms with Gasteiger partial charge in [0.1, 0.15) is 5.82 Å². The van der Waals surface area contributed by atoms with Crippen molar-refractivity contribution >= 4 is 0 Å². The van der Waals surface area contributed by atoms with Crippen molar-refractivity contribution in [2.24, 2.45) is 0 Å². The fourth-order valence-electron chi connectivity index (χ4n) is 1.72. The Morgan fingerprint density at radius 3 is 2.42 bits per heavy atom. The van der Waals surface area contributed by atoms with Gasteiger partial charge in [-0.2, -0.15) is 13.2 Å². The topological polar surface area (TPSA) is 33.1 Å². The van der Waals surface area contributed by atoms with Crippen molar-refractivity contribution in [1.82, 2.24) is 4.98 Å². The fraction of sp³-hybridized carbons (Fsp3) is 0.154. The number of hydrogen-bond donors (Lipinski definition) is 1. The van der Waals surface area contributed by atoms with Crippen LogP contribution in [0.15, 0.2) is 36.7 Å². The Labute approximate surface area is 106 Å². The highest BCUT2D eigenvalue weighted by Crippen LogP contribution is 2.34. The summed E-state index contributed by atoms with van der Waals surface area (Å²) in [7, 11) is 0. The molecule has 2 nitrogen and oxygen atoms in total. The lowest BCUT2D eigenvalue weighted by Crippen LogP contribution is -2.06. The number of pyridine rings is 1. The molecule has 0 atom stereocenters. The Balaban J connectivity index is 2.60. The van der Waals surface area contributed by atoms with E-state index in [0.717, 1.165) is 24.4 Å². The highest BCUT2D eigenvalue weighted by Gasteiger charge is 2.31. The third-order valence-corrected chi connectivity index (χ3v) is 2.62. The van der Waals surface area contributed by atoms with E-state index < -0.39 is 24.2 Å². The van der Waals surface area contributed by atoms with Crippen LogP contribution in [0.5, 0.6) is 0 Å². The molecule has 0 aliphatic rings. The molecule has 1 N–H and O–H groups in total. The summed E-state index contributed by atoms with van der Waals surface area (Å²) in [6, 6.07) is 3.99. The zero-order chi connectivity index (χ0) is 14.0. The highest BCUT2D eigenvalue weighted by atomic mass is 19.4. The van der Waals surface area contributed by atoms with E-state index in [1.54, 1.807) is 0 Å². The molecular formula is C13H9F4NO. The second-order valence-corrected chi connectivity index (χ2v) is 3.92. The predicted molar refractivity (Wildman–Crippen MR) is 60.6 cm³/mol. The molecule has 0 saturated carbocycles. The smallest absolute Gasteiger partial charge is 0.392 e. The number of aliphatic hydroxyl groups is 1. The average molecular weight is 271 g/mol. The van der Waals surface area contributed by atoms with Gasteiger partial charge in [-0.3, -0.25) is 4.98 Å². The van der Waals surface area contributed by atoms with Crippen molar-refractivity contribution < 1.29 is 22.7 Å². The molecule has 0 aliphatic heterocycles. The van der Waals surface area contributed by atoms with Crippen molar-refractivity contribution in [2.45, 2.75) is 12.8 Å². The van der Waals surface area contributed by atoms with Crippen LogP contribution in [0.4, 0.5) is 17.6 Å². The van der Waals surface area contributed by atoms with Gasteiger partial charge in [0, 0.05) is 11.8 Å². The van der Waals surface area contributed by atoms with E-state index in [1.807, 2.05) is 0 Å². The molecule has 0 amide bonds. The molecular weight excluding hydrogens is 262 g/mol.